The van der Waals surface area contributed by atoms with Crippen LogP contribution in [-0.2, 0) is 9.53 Å². The Bertz CT molecular complexity index is 245. The minimum atomic E-state index is -0.819. The van der Waals surface area contributed by atoms with E-state index in [0.717, 1.165) is 18.9 Å². The number of nitrogens with one attached hydrogen (secondary N) is 1. The van der Waals surface area contributed by atoms with Crippen LogP contribution >= 0.6 is 0 Å². The molecule has 106 valence electrons. The zero-order valence-corrected chi connectivity index (χ0v) is 11.7. The van der Waals surface area contributed by atoms with Gasteiger partial charge in [0.15, 0.2) is 0 Å². The molecule has 0 bridgehead atoms. The molecular weight excluding hydrogens is 230 g/mol. The Hall–Kier alpha value is -0.610. The van der Waals surface area contributed by atoms with Crippen LogP contribution in [0.5, 0.6) is 0 Å². The number of carboxylic acid groups (broad SMARTS) is 1. The standard InChI is InChI=1S/C14H27NO3/c1-3-7-15-13(14(16)17)10-18-9-12-6-4-5-11(2)8-12/h11-13,15H,3-10H2,1-2H3,(H,16,17). The molecule has 4 heteroatoms. The second-order valence-electron chi connectivity index (χ2n) is 5.52. The number of rotatable bonds is 8. The lowest BCUT2D eigenvalue weighted by Gasteiger charge is -2.27. The first-order valence-corrected chi connectivity index (χ1v) is 7.17. The lowest BCUT2D eigenvalue weighted by molar-refractivity contribution is -0.141. The first-order valence-electron chi connectivity index (χ1n) is 7.17. The zero-order chi connectivity index (χ0) is 13.4. The molecule has 4 nitrogen and oxygen atoms in total. The number of aliphatic carboxylic acids is 1. The van der Waals surface area contributed by atoms with Crippen LogP contribution in [0.2, 0.25) is 0 Å². The van der Waals surface area contributed by atoms with Crippen molar-refractivity contribution >= 4 is 5.97 Å². The zero-order valence-electron chi connectivity index (χ0n) is 11.7. The molecule has 18 heavy (non-hydrogen) atoms. The highest BCUT2D eigenvalue weighted by Crippen LogP contribution is 2.28. The molecule has 0 heterocycles. The van der Waals surface area contributed by atoms with E-state index in [1.807, 2.05) is 6.92 Å². The van der Waals surface area contributed by atoms with Gasteiger partial charge in [0.2, 0.25) is 0 Å². The fourth-order valence-electron chi connectivity index (χ4n) is 2.60. The number of hydrogen-bond acceptors (Lipinski definition) is 3. The summed E-state index contributed by atoms with van der Waals surface area (Å²) < 4.78 is 5.60. The topological polar surface area (TPSA) is 58.6 Å². The first kappa shape index (κ1) is 15.4. The van der Waals surface area contributed by atoms with E-state index in [1.54, 1.807) is 0 Å². The van der Waals surface area contributed by atoms with Crippen molar-refractivity contribution in [1.82, 2.24) is 5.32 Å². The second-order valence-corrected chi connectivity index (χ2v) is 5.52. The molecular formula is C14H27NO3. The lowest BCUT2D eigenvalue weighted by atomic mass is 9.83. The van der Waals surface area contributed by atoms with Gasteiger partial charge in [-0.3, -0.25) is 4.79 Å². The summed E-state index contributed by atoms with van der Waals surface area (Å²) in [5.41, 5.74) is 0. The summed E-state index contributed by atoms with van der Waals surface area (Å²) in [6, 6.07) is -0.564. The first-order chi connectivity index (χ1) is 8.63. The molecule has 1 rings (SSSR count). The van der Waals surface area contributed by atoms with Gasteiger partial charge < -0.3 is 15.2 Å². The highest BCUT2D eigenvalue weighted by molar-refractivity contribution is 5.73. The third-order valence-corrected chi connectivity index (χ3v) is 3.62. The van der Waals surface area contributed by atoms with Gasteiger partial charge in [-0.25, -0.2) is 0 Å². The van der Waals surface area contributed by atoms with E-state index in [4.69, 9.17) is 9.84 Å². The third-order valence-electron chi connectivity index (χ3n) is 3.62. The Morgan fingerprint density at radius 1 is 1.50 bits per heavy atom. The molecule has 0 spiro atoms. The van der Waals surface area contributed by atoms with Gasteiger partial charge in [0, 0.05) is 6.61 Å². The van der Waals surface area contributed by atoms with Crippen LogP contribution in [0.3, 0.4) is 0 Å². The second kappa shape index (κ2) is 8.48. The molecule has 2 N–H and O–H groups in total. The maximum absolute atomic E-state index is 11.0. The van der Waals surface area contributed by atoms with Crippen LogP contribution in [0.15, 0.2) is 0 Å². The van der Waals surface area contributed by atoms with Gasteiger partial charge >= 0.3 is 5.97 Å². The molecule has 3 atom stereocenters. The molecule has 1 saturated carbocycles. The summed E-state index contributed by atoms with van der Waals surface area (Å²) in [6.45, 7) is 6.02. The van der Waals surface area contributed by atoms with Crippen LogP contribution in [-0.4, -0.2) is 36.9 Å². The number of ether oxygens (including phenoxy) is 1. The summed E-state index contributed by atoms with van der Waals surface area (Å²) in [7, 11) is 0. The average molecular weight is 257 g/mol. The van der Waals surface area contributed by atoms with Gasteiger partial charge in [-0.2, -0.15) is 0 Å². The maximum Gasteiger partial charge on any atom is 0.323 e. The van der Waals surface area contributed by atoms with Crippen molar-refractivity contribution in [1.29, 1.82) is 0 Å². The summed E-state index contributed by atoms with van der Waals surface area (Å²) in [5, 5.41) is 12.0. The maximum atomic E-state index is 11.0. The molecule has 0 saturated heterocycles. The highest BCUT2D eigenvalue weighted by Gasteiger charge is 2.21. The molecule has 1 fully saturated rings. The largest absolute Gasteiger partial charge is 0.480 e. The molecule has 1 aliphatic carbocycles. The Morgan fingerprint density at radius 3 is 2.89 bits per heavy atom. The molecule has 1 aliphatic rings. The van der Waals surface area contributed by atoms with E-state index < -0.39 is 12.0 Å². The van der Waals surface area contributed by atoms with Crippen LogP contribution in [0.1, 0.15) is 46.0 Å². The number of carboxylic acids is 1. The van der Waals surface area contributed by atoms with E-state index in [0.29, 0.717) is 12.5 Å². The Morgan fingerprint density at radius 2 is 2.28 bits per heavy atom. The van der Waals surface area contributed by atoms with Crippen molar-refractivity contribution in [3.63, 3.8) is 0 Å². The molecule has 3 unspecified atom stereocenters. The van der Waals surface area contributed by atoms with Gasteiger partial charge in [-0.05, 0) is 37.6 Å². The van der Waals surface area contributed by atoms with Gasteiger partial charge in [-0.15, -0.1) is 0 Å². The van der Waals surface area contributed by atoms with E-state index in [-0.39, 0.29) is 6.61 Å². The quantitative estimate of drug-likeness (QED) is 0.700. The van der Waals surface area contributed by atoms with Crippen molar-refractivity contribution in [2.24, 2.45) is 11.8 Å². The Labute approximate surface area is 110 Å². The molecule has 0 aromatic carbocycles. The smallest absolute Gasteiger partial charge is 0.323 e. The Balaban J connectivity index is 2.19. The fraction of sp³-hybridized carbons (Fsp3) is 0.929. The van der Waals surface area contributed by atoms with Crippen molar-refractivity contribution in [3.05, 3.63) is 0 Å². The normalized spacial score (nSPS) is 25.9. The number of hydrogen-bond donors (Lipinski definition) is 2. The highest BCUT2D eigenvalue weighted by atomic mass is 16.5. The predicted molar refractivity (Wildman–Crippen MR) is 71.7 cm³/mol. The fourth-order valence-corrected chi connectivity index (χ4v) is 2.60. The predicted octanol–water partition coefficient (Wildman–Crippen LogP) is 2.28. The summed E-state index contributed by atoms with van der Waals surface area (Å²) >= 11 is 0. The molecule has 0 aromatic rings. The summed E-state index contributed by atoms with van der Waals surface area (Å²) in [6.07, 6.45) is 5.99. The van der Waals surface area contributed by atoms with Crippen molar-refractivity contribution in [2.75, 3.05) is 19.8 Å². The van der Waals surface area contributed by atoms with Gasteiger partial charge in [0.1, 0.15) is 6.04 Å². The van der Waals surface area contributed by atoms with Gasteiger partial charge in [0.25, 0.3) is 0 Å². The molecule has 0 radical (unpaired) electrons. The third kappa shape index (κ3) is 5.83. The average Bonchev–Trinajstić information content (AvgIpc) is 2.33. The summed E-state index contributed by atoms with van der Waals surface area (Å²) in [4.78, 5) is 11.0. The minimum absolute atomic E-state index is 0.278. The van der Waals surface area contributed by atoms with E-state index in [2.05, 4.69) is 12.2 Å². The van der Waals surface area contributed by atoms with E-state index in [1.165, 1.54) is 25.7 Å². The van der Waals surface area contributed by atoms with Gasteiger partial charge in [-0.1, -0.05) is 26.7 Å². The number of carbonyl (C=O) groups is 1. The van der Waals surface area contributed by atoms with Crippen LogP contribution < -0.4 is 5.32 Å². The molecule has 0 aliphatic heterocycles. The van der Waals surface area contributed by atoms with E-state index in [9.17, 15) is 4.79 Å². The Kier molecular flexibility index (Phi) is 7.28. The lowest BCUT2D eigenvalue weighted by Crippen LogP contribution is -2.41. The van der Waals surface area contributed by atoms with Gasteiger partial charge in [0.05, 0.1) is 6.61 Å². The monoisotopic (exact) mass is 257 g/mol. The summed E-state index contributed by atoms with van der Waals surface area (Å²) in [5.74, 6) is 0.593. The van der Waals surface area contributed by atoms with Crippen LogP contribution in [0, 0.1) is 11.8 Å². The SMILES string of the molecule is CCCNC(COCC1CCCC(C)C1)C(=O)O. The van der Waals surface area contributed by atoms with Crippen molar-refractivity contribution in [3.8, 4) is 0 Å². The van der Waals surface area contributed by atoms with E-state index >= 15 is 0 Å². The van der Waals surface area contributed by atoms with Crippen LogP contribution in [0.4, 0.5) is 0 Å². The van der Waals surface area contributed by atoms with Crippen molar-refractivity contribution in [2.45, 2.75) is 52.0 Å². The molecule has 0 aromatic heterocycles. The van der Waals surface area contributed by atoms with Crippen LogP contribution in [0.25, 0.3) is 0 Å². The minimum Gasteiger partial charge on any atom is -0.480 e. The molecule has 0 amide bonds. The van der Waals surface area contributed by atoms with Crippen molar-refractivity contribution < 1.29 is 14.6 Å².